The van der Waals surface area contributed by atoms with Crippen LogP contribution >= 0.6 is 11.3 Å². The molecule has 1 aliphatic heterocycles. The highest BCUT2D eigenvalue weighted by Crippen LogP contribution is 2.13. The summed E-state index contributed by atoms with van der Waals surface area (Å²) in [7, 11) is 0. The van der Waals surface area contributed by atoms with E-state index in [9.17, 15) is 4.79 Å². The first-order valence-corrected chi connectivity index (χ1v) is 9.31. The van der Waals surface area contributed by atoms with Crippen LogP contribution in [0.2, 0.25) is 0 Å². The molecule has 3 heterocycles. The molecule has 0 atom stereocenters. The summed E-state index contributed by atoms with van der Waals surface area (Å²) in [5, 5.41) is 9.58. The van der Waals surface area contributed by atoms with Crippen molar-refractivity contribution in [2.75, 3.05) is 39.3 Å². The van der Waals surface area contributed by atoms with Crippen LogP contribution in [0.15, 0.2) is 29.9 Å². The Morgan fingerprint density at radius 3 is 2.83 bits per heavy atom. The maximum atomic E-state index is 12.3. The number of amides is 1. The minimum Gasteiger partial charge on any atom is -0.339 e. The molecule has 0 saturated carbocycles. The third-order valence-electron chi connectivity index (χ3n) is 4.24. The Kier molecular flexibility index (Phi) is 6.01. The Morgan fingerprint density at radius 2 is 2.17 bits per heavy atom. The van der Waals surface area contributed by atoms with Gasteiger partial charge in [-0.15, -0.1) is 11.3 Å². The van der Waals surface area contributed by atoms with Crippen molar-refractivity contribution in [3.63, 3.8) is 0 Å². The molecule has 0 spiro atoms. The fourth-order valence-electron chi connectivity index (χ4n) is 2.87. The summed E-state index contributed by atoms with van der Waals surface area (Å²) in [6.07, 6.45) is 3.86. The monoisotopic (exact) mass is 347 g/mol. The van der Waals surface area contributed by atoms with Gasteiger partial charge >= 0.3 is 0 Å². The van der Waals surface area contributed by atoms with Gasteiger partial charge in [0.25, 0.3) is 0 Å². The summed E-state index contributed by atoms with van der Waals surface area (Å²) < 4.78 is 1.90. The zero-order valence-corrected chi connectivity index (χ0v) is 15.0. The fourth-order valence-corrected chi connectivity index (χ4v) is 3.61. The number of rotatable bonds is 7. The van der Waals surface area contributed by atoms with E-state index in [1.807, 2.05) is 28.9 Å². The van der Waals surface area contributed by atoms with Crippen LogP contribution in [0.25, 0.3) is 0 Å². The Morgan fingerprint density at radius 1 is 1.33 bits per heavy atom. The minimum atomic E-state index is 0.197. The number of nitrogens with zero attached hydrogens (tertiary/aromatic N) is 4. The number of carbonyl (C=O) groups excluding carboxylic acids is 1. The van der Waals surface area contributed by atoms with Crippen LogP contribution in [0.1, 0.15) is 10.4 Å². The SMILES string of the molecule is Cc1cnn(CCNCC(=O)N2CCN(Cc3cccs3)CC2)c1. The van der Waals surface area contributed by atoms with Gasteiger partial charge in [0.2, 0.25) is 5.91 Å². The molecule has 6 nitrogen and oxygen atoms in total. The molecule has 0 aromatic carbocycles. The molecule has 2 aromatic rings. The van der Waals surface area contributed by atoms with Crippen LogP contribution in [-0.2, 0) is 17.9 Å². The Hall–Kier alpha value is -1.70. The minimum absolute atomic E-state index is 0.197. The standard InChI is InChI=1S/C17H25N5OS/c1-15-11-19-22(13-15)5-4-18-12-17(23)21-8-6-20(7-9-21)14-16-3-2-10-24-16/h2-3,10-11,13,18H,4-9,12,14H2,1H3. The summed E-state index contributed by atoms with van der Waals surface area (Å²) in [6.45, 7) is 8.53. The molecule has 1 aliphatic rings. The van der Waals surface area contributed by atoms with Crippen LogP contribution in [0.5, 0.6) is 0 Å². The molecule has 3 rings (SSSR count). The summed E-state index contributed by atoms with van der Waals surface area (Å²) in [4.78, 5) is 18.0. The maximum Gasteiger partial charge on any atom is 0.236 e. The van der Waals surface area contributed by atoms with E-state index in [1.54, 1.807) is 11.3 Å². The molecule has 24 heavy (non-hydrogen) atoms. The Balaban J connectivity index is 1.31. The quantitative estimate of drug-likeness (QED) is 0.765. The zero-order valence-electron chi connectivity index (χ0n) is 14.1. The van der Waals surface area contributed by atoms with E-state index in [0.717, 1.165) is 51.4 Å². The highest BCUT2D eigenvalue weighted by molar-refractivity contribution is 7.09. The summed E-state index contributed by atoms with van der Waals surface area (Å²) >= 11 is 1.80. The molecule has 0 bridgehead atoms. The Bertz CT molecular complexity index is 631. The molecule has 1 amide bonds. The molecular formula is C17H25N5OS. The summed E-state index contributed by atoms with van der Waals surface area (Å²) in [5.74, 6) is 0.197. The van der Waals surface area contributed by atoms with E-state index < -0.39 is 0 Å². The van der Waals surface area contributed by atoms with Crippen molar-refractivity contribution in [1.82, 2.24) is 24.9 Å². The normalized spacial score (nSPS) is 15.8. The van der Waals surface area contributed by atoms with Crippen molar-refractivity contribution >= 4 is 17.2 Å². The average molecular weight is 347 g/mol. The second kappa shape index (κ2) is 8.41. The number of hydrogen-bond donors (Lipinski definition) is 1. The number of hydrogen-bond acceptors (Lipinski definition) is 5. The van der Waals surface area contributed by atoms with E-state index in [1.165, 1.54) is 4.88 Å². The smallest absolute Gasteiger partial charge is 0.236 e. The van der Waals surface area contributed by atoms with Gasteiger partial charge in [0, 0.05) is 50.3 Å². The van der Waals surface area contributed by atoms with Gasteiger partial charge < -0.3 is 10.2 Å². The summed E-state index contributed by atoms with van der Waals surface area (Å²) in [5.41, 5.74) is 1.16. The van der Waals surface area contributed by atoms with Crippen LogP contribution < -0.4 is 5.32 Å². The zero-order chi connectivity index (χ0) is 16.8. The molecule has 2 aromatic heterocycles. The predicted octanol–water partition coefficient (Wildman–Crippen LogP) is 1.19. The molecule has 0 unspecified atom stereocenters. The van der Waals surface area contributed by atoms with E-state index in [2.05, 4.69) is 32.8 Å². The van der Waals surface area contributed by atoms with Gasteiger partial charge in [-0.05, 0) is 23.9 Å². The molecule has 1 saturated heterocycles. The molecule has 0 aliphatic carbocycles. The lowest BCUT2D eigenvalue weighted by Crippen LogP contribution is -2.50. The number of aryl methyl sites for hydroxylation is 1. The first-order valence-electron chi connectivity index (χ1n) is 8.43. The number of aromatic nitrogens is 2. The van der Waals surface area contributed by atoms with Gasteiger partial charge in [-0.3, -0.25) is 14.4 Å². The molecule has 1 N–H and O–H groups in total. The number of thiophene rings is 1. The van der Waals surface area contributed by atoms with Gasteiger partial charge in [-0.2, -0.15) is 5.10 Å². The highest BCUT2D eigenvalue weighted by atomic mass is 32.1. The van der Waals surface area contributed by atoms with Crippen LogP contribution in [-0.4, -0.2) is 64.8 Å². The second-order valence-corrected chi connectivity index (χ2v) is 7.23. The molecule has 130 valence electrons. The van der Waals surface area contributed by atoms with Gasteiger partial charge in [-0.1, -0.05) is 6.07 Å². The summed E-state index contributed by atoms with van der Waals surface area (Å²) in [6, 6.07) is 4.27. The molecular weight excluding hydrogens is 322 g/mol. The van der Waals surface area contributed by atoms with Crippen LogP contribution in [0, 0.1) is 6.92 Å². The lowest BCUT2D eigenvalue weighted by Gasteiger charge is -2.34. The highest BCUT2D eigenvalue weighted by Gasteiger charge is 2.20. The topological polar surface area (TPSA) is 53.4 Å². The Labute approximate surface area is 147 Å². The molecule has 1 fully saturated rings. The fraction of sp³-hybridized carbons (Fsp3) is 0.529. The molecule has 0 radical (unpaired) electrons. The largest absolute Gasteiger partial charge is 0.339 e. The van der Waals surface area contributed by atoms with Gasteiger partial charge in [0.15, 0.2) is 0 Å². The maximum absolute atomic E-state index is 12.3. The van der Waals surface area contributed by atoms with Crippen molar-refractivity contribution in [3.8, 4) is 0 Å². The van der Waals surface area contributed by atoms with Crippen molar-refractivity contribution < 1.29 is 4.79 Å². The van der Waals surface area contributed by atoms with Crippen LogP contribution in [0.4, 0.5) is 0 Å². The predicted molar refractivity (Wildman–Crippen MR) is 96.0 cm³/mol. The number of piperazine rings is 1. The lowest BCUT2D eigenvalue weighted by atomic mass is 10.3. The van der Waals surface area contributed by atoms with Gasteiger partial charge in [0.1, 0.15) is 0 Å². The number of carbonyl (C=O) groups is 1. The lowest BCUT2D eigenvalue weighted by molar-refractivity contribution is -0.132. The van der Waals surface area contributed by atoms with Crippen molar-refractivity contribution in [2.24, 2.45) is 0 Å². The second-order valence-electron chi connectivity index (χ2n) is 6.19. The number of nitrogens with one attached hydrogen (secondary N) is 1. The third kappa shape index (κ3) is 4.90. The van der Waals surface area contributed by atoms with Crippen molar-refractivity contribution in [1.29, 1.82) is 0 Å². The van der Waals surface area contributed by atoms with Crippen LogP contribution in [0.3, 0.4) is 0 Å². The van der Waals surface area contributed by atoms with E-state index in [4.69, 9.17) is 0 Å². The average Bonchev–Trinajstić information content (AvgIpc) is 3.24. The van der Waals surface area contributed by atoms with E-state index in [-0.39, 0.29) is 5.91 Å². The van der Waals surface area contributed by atoms with E-state index >= 15 is 0 Å². The van der Waals surface area contributed by atoms with Crippen molar-refractivity contribution in [3.05, 3.63) is 40.3 Å². The first kappa shape index (κ1) is 17.1. The van der Waals surface area contributed by atoms with Crippen molar-refractivity contribution in [2.45, 2.75) is 20.0 Å². The molecule has 7 heteroatoms. The van der Waals surface area contributed by atoms with E-state index in [0.29, 0.717) is 6.54 Å². The van der Waals surface area contributed by atoms with Gasteiger partial charge in [0.05, 0.1) is 19.3 Å². The third-order valence-corrected chi connectivity index (χ3v) is 5.10. The van der Waals surface area contributed by atoms with Gasteiger partial charge in [-0.25, -0.2) is 0 Å². The first-order chi connectivity index (χ1) is 11.7.